The highest BCUT2D eigenvalue weighted by molar-refractivity contribution is 5.73. The molecule has 0 bridgehead atoms. The second-order valence-electron chi connectivity index (χ2n) is 6.86. The molecule has 3 aliphatic heterocycles. The highest BCUT2D eigenvalue weighted by atomic mass is 16.5. The summed E-state index contributed by atoms with van der Waals surface area (Å²) in [5.74, 6) is -0.631. The first kappa shape index (κ1) is 15.3. The molecule has 0 saturated carbocycles. The molecule has 120 valence electrons. The molecule has 0 amide bonds. The largest absolute Gasteiger partial charge is 0.480 e. The molecule has 1 N–H and O–H groups in total. The van der Waals surface area contributed by atoms with Gasteiger partial charge in [0.2, 0.25) is 0 Å². The molecule has 3 heterocycles. The molecule has 3 aliphatic rings. The maximum absolute atomic E-state index is 11.3. The second-order valence-corrected chi connectivity index (χ2v) is 6.86. The van der Waals surface area contributed by atoms with E-state index in [2.05, 4.69) is 16.7 Å². The van der Waals surface area contributed by atoms with Crippen LogP contribution in [0.5, 0.6) is 0 Å². The zero-order valence-corrected chi connectivity index (χ0v) is 13.0. The summed E-state index contributed by atoms with van der Waals surface area (Å²) < 4.78 is 5.64. The third-order valence-corrected chi connectivity index (χ3v) is 5.52. The Labute approximate surface area is 127 Å². The predicted molar refractivity (Wildman–Crippen MR) is 80.4 cm³/mol. The van der Waals surface area contributed by atoms with Gasteiger partial charge in [-0.2, -0.15) is 0 Å². The number of aliphatic carboxylic acids is 1. The van der Waals surface area contributed by atoms with E-state index in [4.69, 9.17) is 4.74 Å². The smallest absolute Gasteiger partial charge is 0.320 e. The molecule has 5 nitrogen and oxygen atoms in total. The van der Waals surface area contributed by atoms with Crippen LogP contribution in [0, 0.1) is 0 Å². The number of carboxylic acid groups (broad SMARTS) is 1. The number of likely N-dealkylation sites (tertiary alicyclic amines) is 2. The van der Waals surface area contributed by atoms with Gasteiger partial charge in [0.1, 0.15) is 6.04 Å². The molecule has 3 unspecified atom stereocenters. The summed E-state index contributed by atoms with van der Waals surface area (Å²) in [5.41, 5.74) is 0. The van der Waals surface area contributed by atoms with E-state index in [1.54, 1.807) is 0 Å². The summed E-state index contributed by atoms with van der Waals surface area (Å²) in [4.78, 5) is 16.2. The number of ether oxygens (including phenoxy) is 1. The van der Waals surface area contributed by atoms with E-state index < -0.39 is 5.97 Å². The first-order chi connectivity index (χ1) is 10.1. The molecule has 0 aromatic heterocycles. The van der Waals surface area contributed by atoms with Gasteiger partial charge >= 0.3 is 5.97 Å². The van der Waals surface area contributed by atoms with Crippen molar-refractivity contribution in [2.75, 3.05) is 26.2 Å². The van der Waals surface area contributed by atoms with Crippen molar-refractivity contribution in [2.24, 2.45) is 0 Å². The highest BCUT2D eigenvalue weighted by Crippen LogP contribution is 2.28. The van der Waals surface area contributed by atoms with Crippen LogP contribution >= 0.6 is 0 Å². The third kappa shape index (κ3) is 3.41. The zero-order valence-electron chi connectivity index (χ0n) is 13.0. The van der Waals surface area contributed by atoms with Crippen molar-refractivity contribution in [2.45, 2.75) is 69.7 Å². The summed E-state index contributed by atoms with van der Waals surface area (Å²) in [7, 11) is 0. The molecule has 3 fully saturated rings. The Morgan fingerprint density at radius 1 is 1.10 bits per heavy atom. The highest BCUT2D eigenvalue weighted by Gasteiger charge is 2.37. The maximum Gasteiger partial charge on any atom is 0.320 e. The Hall–Kier alpha value is -0.650. The van der Waals surface area contributed by atoms with Crippen molar-refractivity contribution >= 4 is 5.97 Å². The molecule has 3 rings (SSSR count). The van der Waals surface area contributed by atoms with Crippen LogP contribution in [0.25, 0.3) is 0 Å². The second kappa shape index (κ2) is 6.63. The van der Waals surface area contributed by atoms with E-state index in [1.807, 2.05) is 0 Å². The lowest BCUT2D eigenvalue weighted by Crippen LogP contribution is -2.52. The summed E-state index contributed by atoms with van der Waals surface area (Å²) in [6.07, 6.45) is 6.78. The van der Waals surface area contributed by atoms with Gasteiger partial charge in [0, 0.05) is 18.7 Å². The van der Waals surface area contributed by atoms with Crippen LogP contribution in [0.4, 0.5) is 0 Å². The summed E-state index contributed by atoms with van der Waals surface area (Å²) >= 11 is 0. The molecular weight excluding hydrogens is 268 g/mol. The van der Waals surface area contributed by atoms with E-state index in [0.29, 0.717) is 18.2 Å². The van der Waals surface area contributed by atoms with Crippen molar-refractivity contribution in [3.8, 4) is 0 Å². The lowest BCUT2D eigenvalue weighted by atomic mass is 9.96. The maximum atomic E-state index is 11.3. The molecule has 0 aromatic carbocycles. The lowest BCUT2D eigenvalue weighted by molar-refractivity contribution is -0.143. The van der Waals surface area contributed by atoms with E-state index in [9.17, 15) is 9.90 Å². The molecule has 0 aromatic rings. The van der Waals surface area contributed by atoms with Crippen LogP contribution in [-0.4, -0.2) is 71.3 Å². The van der Waals surface area contributed by atoms with Crippen molar-refractivity contribution in [3.05, 3.63) is 0 Å². The van der Waals surface area contributed by atoms with Crippen LogP contribution in [0.1, 0.15) is 45.4 Å². The Kier molecular flexibility index (Phi) is 4.82. The van der Waals surface area contributed by atoms with Gasteiger partial charge in [0.05, 0.1) is 6.10 Å². The van der Waals surface area contributed by atoms with E-state index in [-0.39, 0.29) is 6.04 Å². The minimum atomic E-state index is -0.631. The van der Waals surface area contributed by atoms with Gasteiger partial charge in [-0.25, -0.2) is 0 Å². The molecule has 3 atom stereocenters. The first-order valence-corrected chi connectivity index (χ1v) is 8.49. The summed E-state index contributed by atoms with van der Waals surface area (Å²) in [6, 6.07) is 0.912. The molecule has 0 aliphatic carbocycles. The average Bonchev–Trinajstić information content (AvgIpc) is 2.97. The average molecular weight is 296 g/mol. The fraction of sp³-hybridized carbons (Fsp3) is 0.938. The molecular formula is C16H28N2O3. The van der Waals surface area contributed by atoms with Crippen LogP contribution < -0.4 is 0 Å². The van der Waals surface area contributed by atoms with Crippen LogP contribution in [0.2, 0.25) is 0 Å². The van der Waals surface area contributed by atoms with E-state index in [0.717, 1.165) is 64.8 Å². The number of nitrogens with zero attached hydrogens (tertiary/aromatic N) is 2. The summed E-state index contributed by atoms with van der Waals surface area (Å²) in [5, 5.41) is 9.33. The van der Waals surface area contributed by atoms with Gasteiger partial charge < -0.3 is 14.7 Å². The number of hydrogen-bond acceptors (Lipinski definition) is 4. The van der Waals surface area contributed by atoms with Crippen molar-refractivity contribution in [1.29, 1.82) is 0 Å². The van der Waals surface area contributed by atoms with Gasteiger partial charge in [-0.05, 0) is 65.1 Å². The molecule has 0 spiro atoms. The Morgan fingerprint density at radius 2 is 1.86 bits per heavy atom. The number of hydrogen-bond donors (Lipinski definition) is 1. The van der Waals surface area contributed by atoms with Gasteiger partial charge in [-0.15, -0.1) is 0 Å². The number of carbonyl (C=O) groups is 1. The monoisotopic (exact) mass is 296 g/mol. The molecule has 3 saturated heterocycles. The van der Waals surface area contributed by atoms with Crippen molar-refractivity contribution in [3.63, 3.8) is 0 Å². The number of rotatable bonds is 3. The number of carboxylic acids is 1. The fourth-order valence-corrected chi connectivity index (χ4v) is 4.38. The van der Waals surface area contributed by atoms with Gasteiger partial charge in [-0.1, -0.05) is 0 Å². The molecule has 5 heteroatoms. The van der Waals surface area contributed by atoms with Gasteiger partial charge in [0.25, 0.3) is 0 Å². The standard InChI is InChI=1S/C16H28N2O3/c1-12-11-14(6-10-21-12)17-8-4-13(5-9-17)18-7-2-3-15(18)16(19)20/h12-15H,2-11H2,1H3,(H,19,20). The third-order valence-electron chi connectivity index (χ3n) is 5.52. The van der Waals surface area contributed by atoms with E-state index >= 15 is 0 Å². The normalized spacial score (nSPS) is 36.9. The topological polar surface area (TPSA) is 53.0 Å². The first-order valence-electron chi connectivity index (χ1n) is 8.49. The van der Waals surface area contributed by atoms with Crippen LogP contribution in [0.15, 0.2) is 0 Å². The lowest BCUT2D eigenvalue weighted by Gasteiger charge is -2.43. The Balaban J connectivity index is 1.52. The number of piperidine rings is 1. The minimum Gasteiger partial charge on any atom is -0.480 e. The Morgan fingerprint density at radius 3 is 2.52 bits per heavy atom. The van der Waals surface area contributed by atoms with Crippen LogP contribution in [0.3, 0.4) is 0 Å². The van der Waals surface area contributed by atoms with E-state index in [1.165, 1.54) is 0 Å². The van der Waals surface area contributed by atoms with Crippen LogP contribution in [-0.2, 0) is 9.53 Å². The predicted octanol–water partition coefficient (Wildman–Crippen LogP) is 1.57. The quantitative estimate of drug-likeness (QED) is 0.857. The zero-order chi connectivity index (χ0) is 14.8. The van der Waals surface area contributed by atoms with Gasteiger partial charge in [-0.3, -0.25) is 9.69 Å². The SMILES string of the molecule is CC1CC(N2CCC(N3CCCC3C(=O)O)CC2)CCO1. The van der Waals surface area contributed by atoms with Crippen molar-refractivity contribution < 1.29 is 14.6 Å². The summed E-state index contributed by atoms with van der Waals surface area (Å²) in [6.45, 7) is 6.26. The van der Waals surface area contributed by atoms with Crippen molar-refractivity contribution in [1.82, 2.24) is 9.80 Å². The molecule has 21 heavy (non-hydrogen) atoms. The minimum absolute atomic E-state index is 0.232. The Bertz CT molecular complexity index is 369. The molecule has 0 radical (unpaired) electrons. The van der Waals surface area contributed by atoms with Gasteiger partial charge in [0.15, 0.2) is 0 Å². The fourth-order valence-electron chi connectivity index (χ4n) is 4.38.